The van der Waals surface area contributed by atoms with Gasteiger partial charge in [-0.15, -0.1) is 0 Å². The van der Waals surface area contributed by atoms with Crippen molar-refractivity contribution in [1.82, 2.24) is 9.55 Å². The highest BCUT2D eigenvalue weighted by molar-refractivity contribution is 9.10. The van der Waals surface area contributed by atoms with Crippen LogP contribution in [0.2, 0.25) is 0 Å². The summed E-state index contributed by atoms with van der Waals surface area (Å²) in [5, 5.41) is 0. The number of rotatable bonds is 3. The van der Waals surface area contributed by atoms with E-state index in [0.717, 1.165) is 18.7 Å². The van der Waals surface area contributed by atoms with Crippen LogP contribution in [0.4, 0.5) is 10.1 Å². The first kappa shape index (κ1) is 12.1. The largest absolute Gasteiger partial charge is 0.397 e. The number of anilines is 1. The third kappa shape index (κ3) is 2.34. The van der Waals surface area contributed by atoms with Crippen molar-refractivity contribution < 1.29 is 4.39 Å². The van der Waals surface area contributed by atoms with Crippen LogP contribution >= 0.6 is 15.9 Å². The Morgan fingerprint density at radius 1 is 1.47 bits per heavy atom. The van der Waals surface area contributed by atoms with E-state index in [1.165, 1.54) is 6.07 Å². The van der Waals surface area contributed by atoms with E-state index in [1.54, 1.807) is 18.5 Å². The van der Waals surface area contributed by atoms with Crippen molar-refractivity contribution in [2.24, 2.45) is 0 Å². The van der Waals surface area contributed by atoms with Gasteiger partial charge in [0.2, 0.25) is 0 Å². The molecular formula is C12H13BrFN3. The third-order valence-corrected chi connectivity index (χ3v) is 3.13. The predicted octanol–water partition coefficient (Wildman–Crippen LogP) is 3.31. The number of hydrogen-bond acceptors (Lipinski definition) is 2. The van der Waals surface area contributed by atoms with Gasteiger partial charge in [0, 0.05) is 24.9 Å². The first-order chi connectivity index (χ1) is 8.13. The van der Waals surface area contributed by atoms with Gasteiger partial charge in [-0.2, -0.15) is 0 Å². The molecule has 2 N–H and O–H groups in total. The zero-order valence-electron chi connectivity index (χ0n) is 9.45. The van der Waals surface area contributed by atoms with Crippen molar-refractivity contribution in [3.8, 4) is 5.69 Å². The summed E-state index contributed by atoms with van der Waals surface area (Å²) in [5.74, 6) is 0.561. The molecule has 1 aromatic heterocycles. The van der Waals surface area contributed by atoms with Gasteiger partial charge in [-0.05, 0) is 28.4 Å². The minimum atomic E-state index is -0.328. The molecule has 0 amide bonds. The summed E-state index contributed by atoms with van der Waals surface area (Å²) in [4.78, 5) is 4.25. The minimum absolute atomic E-state index is 0.328. The van der Waals surface area contributed by atoms with Crippen LogP contribution in [0, 0.1) is 5.82 Å². The first-order valence-corrected chi connectivity index (χ1v) is 6.20. The number of aryl methyl sites for hydroxylation is 1. The zero-order valence-corrected chi connectivity index (χ0v) is 11.0. The maximum absolute atomic E-state index is 13.5. The first-order valence-electron chi connectivity index (χ1n) is 5.40. The molecule has 0 saturated carbocycles. The van der Waals surface area contributed by atoms with Crippen LogP contribution in [-0.4, -0.2) is 9.55 Å². The highest BCUT2D eigenvalue weighted by Gasteiger charge is 2.10. The average Bonchev–Trinajstić information content (AvgIpc) is 2.72. The van der Waals surface area contributed by atoms with Crippen LogP contribution in [0.1, 0.15) is 19.2 Å². The number of imidazole rings is 1. The molecule has 0 bridgehead atoms. The van der Waals surface area contributed by atoms with Crippen molar-refractivity contribution in [2.45, 2.75) is 19.8 Å². The summed E-state index contributed by atoms with van der Waals surface area (Å²) in [6.07, 6.45) is 5.31. The van der Waals surface area contributed by atoms with Crippen molar-refractivity contribution in [2.75, 3.05) is 5.73 Å². The second kappa shape index (κ2) is 4.87. The number of halogens is 2. The summed E-state index contributed by atoms with van der Waals surface area (Å²) in [6.45, 7) is 2.07. The van der Waals surface area contributed by atoms with Crippen molar-refractivity contribution >= 4 is 21.6 Å². The summed E-state index contributed by atoms with van der Waals surface area (Å²) in [6, 6.07) is 2.99. The van der Waals surface area contributed by atoms with E-state index in [-0.39, 0.29) is 5.82 Å². The fourth-order valence-corrected chi connectivity index (χ4v) is 2.08. The maximum Gasteiger partial charge on any atom is 0.139 e. The quantitative estimate of drug-likeness (QED) is 0.883. The lowest BCUT2D eigenvalue weighted by Gasteiger charge is -2.11. The number of benzene rings is 1. The molecule has 2 rings (SSSR count). The second-order valence-electron chi connectivity index (χ2n) is 3.79. The number of nitrogens with two attached hydrogens (primary N) is 1. The van der Waals surface area contributed by atoms with Gasteiger partial charge in [-0.1, -0.05) is 6.92 Å². The second-order valence-corrected chi connectivity index (χ2v) is 4.64. The molecule has 5 heteroatoms. The fourth-order valence-electron chi connectivity index (χ4n) is 1.72. The van der Waals surface area contributed by atoms with Crippen LogP contribution < -0.4 is 5.73 Å². The molecule has 0 radical (unpaired) electrons. The van der Waals surface area contributed by atoms with Gasteiger partial charge in [0.15, 0.2) is 0 Å². The summed E-state index contributed by atoms with van der Waals surface area (Å²) in [5.41, 5.74) is 7.05. The van der Waals surface area contributed by atoms with Gasteiger partial charge in [-0.25, -0.2) is 9.37 Å². The zero-order chi connectivity index (χ0) is 12.4. The number of nitrogen functional groups attached to an aromatic ring is 1. The molecule has 0 atom stereocenters. The van der Waals surface area contributed by atoms with Crippen molar-refractivity contribution in [3.63, 3.8) is 0 Å². The SMILES string of the molecule is CCCc1nccn1-c1cc(F)c(Br)cc1N. The van der Waals surface area contributed by atoms with E-state index in [2.05, 4.69) is 27.8 Å². The fraction of sp³-hybridized carbons (Fsp3) is 0.250. The van der Waals surface area contributed by atoms with Crippen LogP contribution in [-0.2, 0) is 6.42 Å². The van der Waals surface area contributed by atoms with Crippen LogP contribution in [0.25, 0.3) is 5.69 Å². The molecule has 0 saturated heterocycles. The molecule has 1 aromatic carbocycles. The molecule has 0 aliphatic heterocycles. The molecule has 0 spiro atoms. The van der Waals surface area contributed by atoms with Crippen LogP contribution in [0.15, 0.2) is 29.0 Å². The lowest BCUT2D eigenvalue weighted by Crippen LogP contribution is -2.04. The molecule has 2 aromatic rings. The predicted molar refractivity (Wildman–Crippen MR) is 69.6 cm³/mol. The third-order valence-electron chi connectivity index (χ3n) is 2.52. The molecule has 0 aliphatic rings. The van der Waals surface area contributed by atoms with Gasteiger partial charge in [0.05, 0.1) is 15.8 Å². The highest BCUT2D eigenvalue weighted by atomic mass is 79.9. The maximum atomic E-state index is 13.5. The van der Waals surface area contributed by atoms with Gasteiger partial charge in [0.1, 0.15) is 11.6 Å². The van der Waals surface area contributed by atoms with Crippen molar-refractivity contribution in [3.05, 3.63) is 40.6 Å². The van der Waals surface area contributed by atoms with E-state index in [1.807, 2.05) is 4.57 Å². The Morgan fingerprint density at radius 3 is 2.94 bits per heavy atom. The Kier molecular flexibility index (Phi) is 3.47. The van der Waals surface area contributed by atoms with Gasteiger partial charge in [-0.3, -0.25) is 0 Å². The Balaban J connectivity index is 2.52. The summed E-state index contributed by atoms with van der Waals surface area (Å²) in [7, 11) is 0. The lowest BCUT2D eigenvalue weighted by molar-refractivity contribution is 0.619. The minimum Gasteiger partial charge on any atom is -0.397 e. The molecular weight excluding hydrogens is 285 g/mol. The van der Waals surface area contributed by atoms with Gasteiger partial charge < -0.3 is 10.3 Å². The van der Waals surface area contributed by atoms with Crippen LogP contribution in [0.5, 0.6) is 0 Å². The smallest absolute Gasteiger partial charge is 0.139 e. The Bertz CT molecular complexity index is 537. The molecule has 17 heavy (non-hydrogen) atoms. The summed E-state index contributed by atoms with van der Waals surface area (Å²) < 4.78 is 15.7. The Morgan fingerprint density at radius 2 is 2.24 bits per heavy atom. The molecule has 0 fully saturated rings. The topological polar surface area (TPSA) is 43.8 Å². The standard InChI is InChI=1S/C12H13BrFN3/c1-2-3-12-16-4-5-17(12)11-7-9(14)8(13)6-10(11)15/h4-7H,2-3,15H2,1H3. The van der Waals surface area contributed by atoms with E-state index in [0.29, 0.717) is 15.8 Å². The molecule has 0 aliphatic carbocycles. The highest BCUT2D eigenvalue weighted by Crippen LogP contribution is 2.26. The van der Waals surface area contributed by atoms with E-state index >= 15 is 0 Å². The van der Waals surface area contributed by atoms with E-state index < -0.39 is 0 Å². The number of hydrogen-bond donors (Lipinski definition) is 1. The van der Waals surface area contributed by atoms with E-state index in [9.17, 15) is 4.39 Å². The molecule has 1 heterocycles. The summed E-state index contributed by atoms with van der Waals surface area (Å²) >= 11 is 3.11. The van der Waals surface area contributed by atoms with Gasteiger partial charge in [0.25, 0.3) is 0 Å². The van der Waals surface area contributed by atoms with E-state index in [4.69, 9.17) is 5.73 Å². The molecule has 90 valence electrons. The number of nitrogens with zero attached hydrogens (tertiary/aromatic N) is 2. The van der Waals surface area contributed by atoms with Gasteiger partial charge >= 0.3 is 0 Å². The Hall–Kier alpha value is -1.36. The average molecular weight is 298 g/mol. The monoisotopic (exact) mass is 297 g/mol. The normalized spacial score (nSPS) is 10.8. The van der Waals surface area contributed by atoms with Crippen molar-refractivity contribution in [1.29, 1.82) is 0 Å². The van der Waals surface area contributed by atoms with Crippen LogP contribution in [0.3, 0.4) is 0 Å². The lowest BCUT2D eigenvalue weighted by atomic mass is 10.2. The molecule has 0 unspecified atom stereocenters. The Labute approximate surface area is 108 Å². The molecule has 3 nitrogen and oxygen atoms in total. The number of aromatic nitrogens is 2.